The first-order valence-electron chi connectivity index (χ1n) is 11.2. The van der Waals surface area contributed by atoms with E-state index < -0.39 is 17.7 Å². The maximum absolute atomic E-state index is 13.4. The van der Waals surface area contributed by atoms with Gasteiger partial charge in [0.2, 0.25) is 5.95 Å². The van der Waals surface area contributed by atoms with Gasteiger partial charge in [0, 0.05) is 11.6 Å². The molecule has 1 aliphatic heterocycles. The Morgan fingerprint density at radius 1 is 0.973 bits per heavy atom. The van der Waals surface area contributed by atoms with Crippen molar-refractivity contribution < 1.29 is 28.9 Å². The molecule has 3 aromatic carbocycles. The SMILES string of the molecule is COc1cccc(C2/C(=C(\O)c3ccc(OC)c(Br)c3)C(=O)C(=O)N2c2nc3ccc(OC)cc3[nH]2)c1. The lowest BCUT2D eigenvalue weighted by Gasteiger charge is -2.23. The molecular formula is C27H22BrN3O6. The van der Waals surface area contributed by atoms with Gasteiger partial charge in [-0.1, -0.05) is 12.1 Å². The van der Waals surface area contributed by atoms with Crippen LogP contribution in [0.15, 0.2) is 70.7 Å². The van der Waals surface area contributed by atoms with E-state index in [4.69, 9.17) is 14.2 Å². The highest BCUT2D eigenvalue weighted by Gasteiger charge is 2.48. The molecule has 1 saturated heterocycles. The highest BCUT2D eigenvalue weighted by atomic mass is 79.9. The number of aliphatic hydroxyl groups is 1. The molecule has 9 nitrogen and oxygen atoms in total. The van der Waals surface area contributed by atoms with Gasteiger partial charge in [0.15, 0.2) is 0 Å². The van der Waals surface area contributed by atoms with Crippen LogP contribution < -0.4 is 19.1 Å². The van der Waals surface area contributed by atoms with Gasteiger partial charge in [-0.05, 0) is 64.0 Å². The van der Waals surface area contributed by atoms with E-state index in [1.165, 1.54) is 19.1 Å². The largest absolute Gasteiger partial charge is 0.507 e. The van der Waals surface area contributed by atoms with Crippen LogP contribution >= 0.6 is 15.9 Å². The summed E-state index contributed by atoms with van der Waals surface area (Å²) in [7, 11) is 4.60. The van der Waals surface area contributed by atoms with E-state index in [1.54, 1.807) is 67.8 Å². The van der Waals surface area contributed by atoms with E-state index in [0.29, 0.717) is 43.9 Å². The van der Waals surface area contributed by atoms with Crippen molar-refractivity contribution in [3.05, 3.63) is 81.8 Å². The number of nitrogens with zero attached hydrogens (tertiary/aromatic N) is 2. The minimum absolute atomic E-state index is 0.0756. The Labute approximate surface area is 220 Å². The Morgan fingerprint density at radius 2 is 1.73 bits per heavy atom. The van der Waals surface area contributed by atoms with Gasteiger partial charge in [0.05, 0.1) is 48.5 Å². The van der Waals surface area contributed by atoms with E-state index >= 15 is 0 Å². The van der Waals surface area contributed by atoms with Crippen LogP contribution in [0.1, 0.15) is 17.2 Å². The number of anilines is 1. The molecule has 2 heterocycles. The van der Waals surface area contributed by atoms with Crippen LogP contribution in [0.4, 0.5) is 5.95 Å². The molecule has 5 rings (SSSR count). The fourth-order valence-corrected chi connectivity index (χ4v) is 4.90. The zero-order valence-electron chi connectivity index (χ0n) is 20.1. The summed E-state index contributed by atoms with van der Waals surface area (Å²) >= 11 is 3.41. The van der Waals surface area contributed by atoms with Crippen molar-refractivity contribution in [2.75, 3.05) is 26.2 Å². The van der Waals surface area contributed by atoms with Crippen molar-refractivity contribution >= 4 is 50.4 Å². The monoisotopic (exact) mass is 563 g/mol. The average Bonchev–Trinajstić information content (AvgIpc) is 3.45. The second-order valence-corrected chi connectivity index (χ2v) is 9.09. The summed E-state index contributed by atoms with van der Waals surface area (Å²) in [6, 6.07) is 16.1. The summed E-state index contributed by atoms with van der Waals surface area (Å²) in [5.74, 6) is -0.131. The Kier molecular flexibility index (Phi) is 6.34. The fourth-order valence-electron chi connectivity index (χ4n) is 4.36. The van der Waals surface area contributed by atoms with Crippen LogP contribution in [-0.4, -0.2) is 48.1 Å². The number of carbonyl (C=O) groups is 2. The van der Waals surface area contributed by atoms with Gasteiger partial charge in [0.25, 0.3) is 5.78 Å². The van der Waals surface area contributed by atoms with Crippen LogP contribution in [0.2, 0.25) is 0 Å². The number of fused-ring (bicyclic) bond motifs is 1. The van der Waals surface area contributed by atoms with Crippen LogP contribution in [0.5, 0.6) is 17.2 Å². The molecule has 1 fully saturated rings. The molecule has 0 saturated carbocycles. The van der Waals surface area contributed by atoms with Crippen LogP contribution in [0.25, 0.3) is 16.8 Å². The van der Waals surface area contributed by atoms with Crippen LogP contribution in [-0.2, 0) is 9.59 Å². The predicted molar refractivity (Wildman–Crippen MR) is 141 cm³/mol. The first-order chi connectivity index (χ1) is 17.9. The lowest BCUT2D eigenvalue weighted by Crippen LogP contribution is -2.30. The third-order valence-corrected chi connectivity index (χ3v) is 6.80. The van der Waals surface area contributed by atoms with Crippen molar-refractivity contribution in [3.8, 4) is 17.2 Å². The zero-order valence-corrected chi connectivity index (χ0v) is 21.7. The number of amides is 1. The molecule has 10 heteroatoms. The lowest BCUT2D eigenvalue weighted by molar-refractivity contribution is -0.132. The summed E-state index contributed by atoms with van der Waals surface area (Å²) < 4.78 is 16.5. The summed E-state index contributed by atoms with van der Waals surface area (Å²) in [5.41, 5.74) is 2.04. The Hall–Kier alpha value is -4.31. The number of benzene rings is 3. The second kappa shape index (κ2) is 9.62. The molecule has 0 spiro atoms. The van der Waals surface area contributed by atoms with Crippen molar-refractivity contribution in [2.45, 2.75) is 6.04 Å². The number of imidazole rings is 1. The number of rotatable bonds is 6. The van der Waals surface area contributed by atoms with E-state index in [-0.39, 0.29) is 17.3 Å². The number of carbonyl (C=O) groups excluding carboxylic acids is 2. The normalized spacial score (nSPS) is 16.9. The first kappa shape index (κ1) is 24.4. The highest BCUT2D eigenvalue weighted by Crippen LogP contribution is 2.43. The molecule has 2 N–H and O–H groups in total. The van der Waals surface area contributed by atoms with Gasteiger partial charge in [-0.2, -0.15) is 0 Å². The van der Waals surface area contributed by atoms with Crippen molar-refractivity contribution in [2.24, 2.45) is 0 Å². The predicted octanol–water partition coefficient (Wildman–Crippen LogP) is 4.98. The number of aromatic nitrogens is 2. The van der Waals surface area contributed by atoms with Gasteiger partial charge in [-0.25, -0.2) is 4.98 Å². The third-order valence-electron chi connectivity index (χ3n) is 6.18. The van der Waals surface area contributed by atoms with Gasteiger partial charge < -0.3 is 24.3 Å². The number of Topliss-reactive ketones (excluding diaryl/α,β-unsaturated/α-hetero) is 1. The topological polar surface area (TPSA) is 114 Å². The van der Waals surface area contributed by atoms with E-state index in [9.17, 15) is 14.7 Å². The molecular weight excluding hydrogens is 542 g/mol. The number of aromatic amines is 1. The number of hydrogen-bond acceptors (Lipinski definition) is 7. The second-order valence-electron chi connectivity index (χ2n) is 8.24. The minimum Gasteiger partial charge on any atom is -0.507 e. The van der Waals surface area contributed by atoms with Gasteiger partial charge in [-0.3, -0.25) is 14.5 Å². The molecule has 1 aliphatic rings. The molecule has 1 atom stereocenters. The van der Waals surface area contributed by atoms with Gasteiger partial charge >= 0.3 is 5.91 Å². The molecule has 4 aromatic rings. The summed E-state index contributed by atoms with van der Waals surface area (Å²) in [6.07, 6.45) is 0. The van der Waals surface area contributed by atoms with Crippen molar-refractivity contribution in [3.63, 3.8) is 0 Å². The number of nitrogens with one attached hydrogen (secondary N) is 1. The third kappa shape index (κ3) is 4.19. The fraction of sp³-hybridized carbons (Fsp3) is 0.148. The first-order valence-corrected chi connectivity index (χ1v) is 12.0. The number of ether oxygens (including phenoxy) is 3. The van der Waals surface area contributed by atoms with Crippen molar-refractivity contribution in [1.82, 2.24) is 9.97 Å². The van der Waals surface area contributed by atoms with E-state index in [1.807, 2.05) is 0 Å². The van der Waals surface area contributed by atoms with Gasteiger partial charge in [0.1, 0.15) is 23.0 Å². The molecule has 1 amide bonds. The average molecular weight is 564 g/mol. The smallest absolute Gasteiger partial charge is 0.302 e. The molecule has 37 heavy (non-hydrogen) atoms. The van der Waals surface area contributed by atoms with E-state index in [0.717, 1.165) is 0 Å². The Balaban J connectivity index is 1.72. The lowest BCUT2D eigenvalue weighted by atomic mass is 9.95. The number of hydrogen-bond donors (Lipinski definition) is 2. The molecule has 1 aromatic heterocycles. The maximum Gasteiger partial charge on any atom is 0.302 e. The number of aliphatic hydroxyl groups excluding tert-OH is 1. The minimum atomic E-state index is -0.974. The number of H-pyrrole nitrogens is 1. The van der Waals surface area contributed by atoms with Crippen molar-refractivity contribution in [1.29, 1.82) is 0 Å². The van der Waals surface area contributed by atoms with Crippen LogP contribution in [0, 0.1) is 0 Å². The highest BCUT2D eigenvalue weighted by molar-refractivity contribution is 9.10. The molecule has 0 aliphatic carbocycles. The number of methoxy groups -OCH3 is 3. The standard InChI is InChI=1S/C27H22BrN3O6/c1-35-16-6-4-5-14(11-16)23-22(24(32)15-7-10-21(37-3)18(28)12-15)25(33)26(34)31(23)27-29-19-9-8-17(36-2)13-20(19)30-27/h4-13,23,32H,1-3H3,(H,29,30)/b24-22+. The quantitative estimate of drug-likeness (QED) is 0.193. The number of ketones is 1. The van der Waals surface area contributed by atoms with E-state index in [2.05, 4.69) is 25.9 Å². The van der Waals surface area contributed by atoms with Crippen LogP contribution in [0.3, 0.4) is 0 Å². The zero-order chi connectivity index (χ0) is 26.3. The molecule has 1 unspecified atom stereocenters. The molecule has 0 bridgehead atoms. The summed E-state index contributed by atoms with van der Waals surface area (Å²) in [6.45, 7) is 0. The Morgan fingerprint density at radius 3 is 2.43 bits per heavy atom. The summed E-state index contributed by atoms with van der Waals surface area (Å²) in [4.78, 5) is 35.8. The maximum atomic E-state index is 13.4. The summed E-state index contributed by atoms with van der Waals surface area (Å²) in [5, 5.41) is 11.4. The molecule has 188 valence electrons. The Bertz CT molecular complexity index is 1580. The van der Waals surface area contributed by atoms with Gasteiger partial charge in [-0.15, -0.1) is 0 Å². The number of halogens is 1. The molecule has 0 radical (unpaired) electrons.